The van der Waals surface area contributed by atoms with Gasteiger partial charge in [0, 0.05) is 37.5 Å². The number of nitriles is 1. The first-order chi connectivity index (χ1) is 9.63. The van der Waals surface area contributed by atoms with Gasteiger partial charge < -0.3 is 4.90 Å². The molecule has 0 spiro atoms. The highest BCUT2D eigenvalue weighted by Gasteiger charge is 2.13. The summed E-state index contributed by atoms with van der Waals surface area (Å²) in [5.74, 6) is -0.105. The zero-order valence-corrected chi connectivity index (χ0v) is 11.6. The van der Waals surface area contributed by atoms with Crippen LogP contribution >= 0.6 is 0 Å². The van der Waals surface area contributed by atoms with E-state index in [1.165, 1.54) is 0 Å². The number of hydrogen-bond acceptors (Lipinski definition) is 3. The van der Waals surface area contributed by atoms with E-state index in [1.807, 2.05) is 23.9 Å². The molecular weight excluding hydrogens is 252 g/mol. The van der Waals surface area contributed by atoms with E-state index >= 15 is 0 Å². The van der Waals surface area contributed by atoms with E-state index in [-0.39, 0.29) is 5.91 Å². The molecule has 0 fully saturated rings. The lowest BCUT2D eigenvalue weighted by molar-refractivity contribution is 0.0785. The SMILES string of the molecule is CCn1cc(CN(C)C(=O)c2cccc(C#N)c2)cn1. The summed E-state index contributed by atoms with van der Waals surface area (Å²) in [7, 11) is 1.74. The van der Waals surface area contributed by atoms with Gasteiger partial charge in [-0.2, -0.15) is 10.4 Å². The highest BCUT2D eigenvalue weighted by molar-refractivity contribution is 5.94. The first-order valence-corrected chi connectivity index (χ1v) is 6.41. The number of benzene rings is 1. The van der Waals surface area contributed by atoms with Crippen LogP contribution in [0, 0.1) is 11.3 Å². The van der Waals surface area contributed by atoms with Gasteiger partial charge in [-0.3, -0.25) is 9.48 Å². The summed E-state index contributed by atoms with van der Waals surface area (Å²) in [4.78, 5) is 13.9. The maximum atomic E-state index is 12.3. The van der Waals surface area contributed by atoms with E-state index in [4.69, 9.17) is 5.26 Å². The molecule has 0 radical (unpaired) electrons. The third-order valence-electron chi connectivity index (χ3n) is 3.02. The Morgan fingerprint density at radius 3 is 2.95 bits per heavy atom. The summed E-state index contributed by atoms with van der Waals surface area (Å²) in [5, 5.41) is 13.0. The van der Waals surface area contributed by atoms with Crippen molar-refractivity contribution in [2.45, 2.75) is 20.0 Å². The van der Waals surface area contributed by atoms with Crippen molar-refractivity contribution in [1.29, 1.82) is 5.26 Å². The molecule has 0 bridgehead atoms. The van der Waals surface area contributed by atoms with Crippen LogP contribution in [-0.2, 0) is 13.1 Å². The first kappa shape index (κ1) is 13.8. The van der Waals surface area contributed by atoms with Crippen molar-refractivity contribution in [3.8, 4) is 6.07 Å². The lowest BCUT2D eigenvalue weighted by Crippen LogP contribution is -2.26. The first-order valence-electron chi connectivity index (χ1n) is 6.41. The van der Waals surface area contributed by atoms with Gasteiger partial charge in [0.1, 0.15) is 0 Å². The summed E-state index contributed by atoms with van der Waals surface area (Å²) >= 11 is 0. The van der Waals surface area contributed by atoms with Crippen molar-refractivity contribution >= 4 is 5.91 Å². The number of carbonyl (C=O) groups excluding carboxylic acids is 1. The number of amides is 1. The zero-order chi connectivity index (χ0) is 14.5. The molecule has 1 heterocycles. The maximum Gasteiger partial charge on any atom is 0.253 e. The molecule has 0 aliphatic carbocycles. The fourth-order valence-corrected chi connectivity index (χ4v) is 1.95. The Labute approximate surface area is 118 Å². The molecule has 2 aromatic rings. The number of rotatable bonds is 4. The van der Waals surface area contributed by atoms with Crippen molar-refractivity contribution in [2.75, 3.05) is 7.05 Å². The van der Waals surface area contributed by atoms with E-state index in [1.54, 1.807) is 42.4 Å². The number of hydrogen-bond donors (Lipinski definition) is 0. The lowest BCUT2D eigenvalue weighted by Gasteiger charge is -2.16. The van der Waals surface area contributed by atoms with Gasteiger partial charge in [0.15, 0.2) is 0 Å². The van der Waals surface area contributed by atoms with Gasteiger partial charge in [-0.15, -0.1) is 0 Å². The molecule has 0 unspecified atom stereocenters. The van der Waals surface area contributed by atoms with Gasteiger partial charge in [0.2, 0.25) is 0 Å². The molecule has 0 aliphatic heterocycles. The molecule has 1 aromatic carbocycles. The molecule has 102 valence electrons. The van der Waals surface area contributed by atoms with Gasteiger partial charge in [0.05, 0.1) is 17.8 Å². The van der Waals surface area contributed by atoms with Crippen LogP contribution in [0.15, 0.2) is 36.7 Å². The topological polar surface area (TPSA) is 61.9 Å². The van der Waals surface area contributed by atoms with E-state index < -0.39 is 0 Å². The van der Waals surface area contributed by atoms with Gasteiger partial charge in [-0.1, -0.05) is 6.07 Å². The molecule has 1 amide bonds. The van der Waals surface area contributed by atoms with Crippen LogP contribution in [0.3, 0.4) is 0 Å². The van der Waals surface area contributed by atoms with Crippen molar-refractivity contribution in [2.24, 2.45) is 0 Å². The Morgan fingerprint density at radius 1 is 1.50 bits per heavy atom. The number of nitrogens with zero attached hydrogens (tertiary/aromatic N) is 4. The Morgan fingerprint density at radius 2 is 2.30 bits per heavy atom. The average Bonchev–Trinajstić information content (AvgIpc) is 2.94. The van der Waals surface area contributed by atoms with E-state index in [2.05, 4.69) is 5.10 Å². The summed E-state index contributed by atoms with van der Waals surface area (Å²) in [6.45, 7) is 3.32. The van der Waals surface area contributed by atoms with Crippen LogP contribution in [0.2, 0.25) is 0 Å². The predicted molar refractivity (Wildman–Crippen MR) is 74.9 cm³/mol. The Balaban J connectivity index is 2.10. The van der Waals surface area contributed by atoms with Crippen molar-refractivity contribution in [1.82, 2.24) is 14.7 Å². The molecule has 0 saturated heterocycles. The Hall–Kier alpha value is -2.61. The molecule has 5 heteroatoms. The van der Waals surface area contributed by atoms with Crippen molar-refractivity contribution in [3.63, 3.8) is 0 Å². The van der Waals surface area contributed by atoms with Crippen molar-refractivity contribution in [3.05, 3.63) is 53.3 Å². The summed E-state index contributed by atoms with van der Waals surface area (Å²) in [6.07, 6.45) is 3.69. The van der Waals surface area contributed by atoms with Crippen LogP contribution in [0.1, 0.15) is 28.4 Å². The number of carbonyl (C=O) groups is 1. The number of aromatic nitrogens is 2. The number of aryl methyl sites for hydroxylation is 1. The zero-order valence-electron chi connectivity index (χ0n) is 11.6. The normalized spacial score (nSPS) is 10.1. The third-order valence-corrected chi connectivity index (χ3v) is 3.02. The molecule has 0 aliphatic rings. The molecule has 5 nitrogen and oxygen atoms in total. The summed E-state index contributed by atoms with van der Waals surface area (Å²) in [6, 6.07) is 8.76. The molecular formula is C15H16N4O. The molecule has 2 rings (SSSR count). The fraction of sp³-hybridized carbons (Fsp3) is 0.267. The lowest BCUT2D eigenvalue weighted by atomic mass is 10.1. The summed E-state index contributed by atoms with van der Waals surface area (Å²) < 4.78 is 1.82. The smallest absolute Gasteiger partial charge is 0.253 e. The van der Waals surface area contributed by atoms with E-state index in [0.717, 1.165) is 12.1 Å². The molecule has 20 heavy (non-hydrogen) atoms. The molecule has 0 saturated carbocycles. The van der Waals surface area contributed by atoms with Crippen LogP contribution in [0.4, 0.5) is 0 Å². The van der Waals surface area contributed by atoms with Gasteiger partial charge in [-0.05, 0) is 25.1 Å². The van der Waals surface area contributed by atoms with Crippen LogP contribution in [0.5, 0.6) is 0 Å². The second-order valence-electron chi connectivity index (χ2n) is 4.56. The minimum absolute atomic E-state index is 0.105. The highest BCUT2D eigenvalue weighted by Crippen LogP contribution is 2.10. The predicted octanol–water partition coefficient (Wildman–Crippen LogP) is 2.05. The minimum Gasteiger partial charge on any atom is -0.337 e. The van der Waals surface area contributed by atoms with Gasteiger partial charge in [-0.25, -0.2) is 0 Å². The van der Waals surface area contributed by atoms with Crippen molar-refractivity contribution < 1.29 is 4.79 Å². The van der Waals surface area contributed by atoms with Crippen LogP contribution in [-0.4, -0.2) is 27.6 Å². The third kappa shape index (κ3) is 3.04. The minimum atomic E-state index is -0.105. The standard InChI is InChI=1S/C15H16N4O/c1-3-19-11-13(9-17-19)10-18(2)15(20)14-6-4-5-12(7-14)8-16/h4-7,9,11H,3,10H2,1-2H3. The second kappa shape index (κ2) is 6.02. The van der Waals surface area contributed by atoms with Crippen LogP contribution < -0.4 is 0 Å². The van der Waals surface area contributed by atoms with Crippen LogP contribution in [0.25, 0.3) is 0 Å². The highest BCUT2D eigenvalue weighted by atomic mass is 16.2. The van der Waals surface area contributed by atoms with Gasteiger partial charge in [0.25, 0.3) is 5.91 Å². The maximum absolute atomic E-state index is 12.3. The van der Waals surface area contributed by atoms with E-state index in [9.17, 15) is 4.79 Å². The molecule has 0 N–H and O–H groups in total. The molecule has 1 aromatic heterocycles. The average molecular weight is 268 g/mol. The molecule has 0 atom stereocenters. The Kier molecular flexibility index (Phi) is 4.16. The second-order valence-corrected chi connectivity index (χ2v) is 4.56. The van der Waals surface area contributed by atoms with E-state index in [0.29, 0.717) is 17.7 Å². The quantitative estimate of drug-likeness (QED) is 0.852. The summed E-state index contributed by atoms with van der Waals surface area (Å²) in [5.41, 5.74) is 2.00. The van der Waals surface area contributed by atoms with Gasteiger partial charge >= 0.3 is 0 Å². The Bertz CT molecular complexity index is 654. The monoisotopic (exact) mass is 268 g/mol. The fourth-order valence-electron chi connectivity index (χ4n) is 1.95. The largest absolute Gasteiger partial charge is 0.337 e.